The zero-order valence-corrected chi connectivity index (χ0v) is 21.7. The minimum atomic E-state index is -0.563. The molecule has 5 rings (SSSR count). The third-order valence-electron chi connectivity index (χ3n) is 8.04. The molecule has 9 nitrogen and oxygen atoms in total. The topological polar surface area (TPSA) is 116 Å². The molecule has 0 radical (unpaired) electrons. The van der Waals surface area contributed by atoms with Gasteiger partial charge in [0.05, 0.1) is 17.4 Å². The second-order valence-electron chi connectivity index (χ2n) is 10.7. The van der Waals surface area contributed by atoms with Crippen LogP contribution in [0.2, 0.25) is 0 Å². The van der Waals surface area contributed by atoms with Crippen molar-refractivity contribution < 1.29 is 19.1 Å². The molecular formula is C28H37N5O4. The van der Waals surface area contributed by atoms with Gasteiger partial charge in [0.1, 0.15) is 5.75 Å². The molecule has 1 aromatic carbocycles. The van der Waals surface area contributed by atoms with Crippen LogP contribution < -0.4 is 15.4 Å². The van der Waals surface area contributed by atoms with Crippen LogP contribution in [0.3, 0.4) is 0 Å². The Kier molecular flexibility index (Phi) is 7.48. The maximum absolute atomic E-state index is 13.5. The number of rotatable bonds is 6. The first-order valence-electron chi connectivity index (χ1n) is 13.7. The van der Waals surface area contributed by atoms with E-state index in [1.807, 2.05) is 11.0 Å². The van der Waals surface area contributed by atoms with E-state index in [0.29, 0.717) is 29.4 Å². The highest BCUT2D eigenvalue weighted by atomic mass is 16.5. The predicted octanol–water partition coefficient (Wildman–Crippen LogP) is 5.04. The van der Waals surface area contributed by atoms with E-state index in [1.54, 1.807) is 25.1 Å². The molecule has 2 unspecified atom stereocenters. The molecule has 1 aromatic heterocycles. The number of hydrogen-bond acceptors (Lipinski definition) is 5. The Morgan fingerprint density at radius 1 is 1.14 bits per heavy atom. The van der Waals surface area contributed by atoms with Crippen molar-refractivity contribution in [2.24, 2.45) is 11.8 Å². The number of aromatic amines is 1. The molecule has 0 spiro atoms. The van der Waals surface area contributed by atoms with E-state index >= 15 is 0 Å². The van der Waals surface area contributed by atoms with Crippen LogP contribution in [0, 0.1) is 11.8 Å². The van der Waals surface area contributed by atoms with Crippen LogP contribution in [0.25, 0.3) is 0 Å². The van der Waals surface area contributed by atoms with Gasteiger partial charge in [-0.25, -0.2) is 0 Å². The average molecular weight is 508 g/mol. The molecule has 0 bridgehead atoms. The SMILES string of the molecule is CCCC1CCC(C(=O)Nc2cc(C3CCCCN3C(=O)c3ccc4c(c3)NC(=O)C(C)O4)[nH]n2)CC1. The lowest BCUT2D eigenvalue weighted by Crippen LogP contribution is -2.39. The van der Waals surface area contributed by atoms with Crippen molar-refractivity contribution in [3.63, 3.8) is 0 Å². The van der Waals surface area contributed by atoms with Crippen molar-refractivity contribution >= 4 is 29.2 Å². The molecule has 1 saturated heterocycles. The largest absolute Gasteiger partial charge is 0.479 e. The average Bonchev–Trinajstić information content (AvgIpc) is 3.37. The number of ether oxygens (including phenoxy) is 1. The third-order valence-corrected chi connectivity index (χ3v) is 8.04. The Labute approximate surface area is 217 Å². The maximum Gasteiger partial charge on any atom is 0.265 e. The molecule has 3 aliphatic rings. The van der Waals surface area contributed by atoms with Gasteiger partial charge in [-0.15, -0.1) is 0 Å². The zero-order chi connectivity index (χ0) is 25.9. The zero-order valence-electron chi connectivity index (χ0n) is 21.7. The number of amides is 3. The summed E-state index contributed by atoms with van der Waals surface area (Å²) in [6.07, 6.45) is 8.73. The summed E-state index contributed by atoms with van der Waals surface area (Å²) in [5.41, 5.74) is 1.83. The Bertz CT molecular complexity index is 1150. The van der Waals surface area contributed by atoms with Gasteiger partial charge in [0.2, 0.25) is 5.91 Å². The number of anilines is 2. The molecule has 198 valence electrons. The lowest BCUT2D eigenvalue weighted by Gasteiger charge is -2.35. The van der Waals surface area contributed by atoms with Crippen molar-refractivity contribution in [1.29, 1.82) is 0 Å². The van der Waals surface area contributed by atoms with Crippen molar-refractivity contribution in [3.8, 4) is 5.75 Å². The van der Waals surface area contributed by atoms with Gasteiger partial charge in [0.25, 0.3) is 11.8 Å². The quantitative estimate of drug-likeness (QED) is 0.506. The number of nitrogens with zero attached hydrogens (tertiary/aromatic N) is 2. The Morgan fingerprint density at radius 2 is 1.95 bits per heavy atom. The first kappa shape index (κ1) is 25.3. The summed E-state index contributed by atoms with van der Waals surface area (Å²) < 4.78 is 5.62. The highest BCUT2D eigenvalue weighted by molar-refractivity contribution is 6.01. The third kappa shape index (κ3) is 5.50. The summed E-state index contributed by atoms with van der Waals surface area (Å²) in [7, 11) is 0. The van der Waals surface area contributed by atoms with Crippen LogP contribution >= 0.6 is 0 Å². The van der Waals surface area contributed by atoms with E-state index in [4.69, 9.17) is 4.74 Å². The van der Waals surface area contributed by atoms with Gasteiger partial charge in [-0.3, -0.25) is 19.5 Å². The van der Waals surface area contributed by atoms with Crippen LogP contribution in [-0.2, 0) is 9.59 Å². The second-order valence-corrected chi connectivity index (χ2v) is 10.7. The van der Waals surface area contributed by atoms with Crippen LogP contribution in [0.15, 0.2) is 24.3 Å². The van der Waals surface area contributed by atoms with Gasteiger partial charge in [-0.05, 0) is 76.0 Å². The fraction of sp³-hybridized carbons (Fsp3) is 0.571. The maximum atomic E-state index is 13.5. The van der Waals surface area contributed by atoms with Gasteiger partial charge < -0.3 is 20.3 Å². The number of aromatic nitrogens is 2. The highest BCUT2D eigenvalue weighted by Gasteiger charge is 2.32. The van der Waals surface area contributed by atoms with Crippen molar-refractivity contribution in [2.45, 2.75) is 83.8 Å². The fourth-order valence-corrected chi connectivity index (χ4v) is 5.93. The molecule has 2 fully saturated rings. The summed E-state index contributed by atoms with van der Waals surface area (Å²) in [4.78, 5) is 40.3. The van der Waals surface area contributed by atoms with Gasteiger partial charge in [-0.1, -0.05) is 19.8 Å². The van der Waals surface area contributed by atoms with Crippen molar-refractivity contribution in [2.75, 3.05) is 17.2 Å². The van der Waals surface area contributed by atoms with E-state index in [9.17, 15) is 14.4 Å². The number of likely N-dealkylation sites (tertiary alicyclic amines) is 1. The van der Waals surface area contributed by atoms with Gasteiger partial charge in [0.15, 0.2) is 11.9 Å². The summed E-state index contributed by atoms with van der Waals surface area (Å²) in [5.74, 6) is 1.57. The highest BCUT2D eigenvalue weighted by Crippen LogP contribution is 2.36. The van der Waals surface area contributed by atoms with Crippen LogP contribution in [0.1, 0.15) is 93.7 Å². The van der Waals surface area contributed by atoms with Crippen LogP contribution in [0.5, 0.6) is 5.75 Å². The number of nitrogens with one attached hydrogen (secondary N) is 3. The minimum absolute atomic E-state index is 0.0391. The number of hydrogen-bond donors (Lipinski definition) is 3. The minimum Gasteiger partial charge on any atom is -0.479 e. The van der Waals surface area contributed by atoms with E-state index in [2.05, 4.69) is 27.8 Å². The predicted molar refractivity (Wildman–Crippen MR) is 140 cm³/mol. The first-order valence-corrected chi connectivity index (χ1v) is 13.7. The number of benzene rings is 1. The van der Waals surface area contributed by atoms with E-state index in [1.165, 1.54) is 12.8 Å². The molecule has 3 amide bonds. The lowest BCUT2D eigenvalue weighted by atomic mass is 9.80. The van der Waals surface area contributed by atoms with Gasteiger partial charge in [-0.2, -0.15) is 5.10 Å². The second kappa shape index (κ2) is 10.9. The number of carbonyl (C=O) groups is 3. The van der Waals surface area contributed by atoms with E-state index in [-0.39, 0.29) is 29.7 Å². The smallest absolute Gasteiger partial charge is 0.265 e. The number of carbonyl (C=O) groups excluding carboxylic acids is 3. The standard InChI is InChI=1S/C28H37N5O4/c1-3-6-18-8-10-19(11-9-18)27(35)30-25-16-21(31-32-25)23-7-4-5-14-33(23)28(36)20-12-13-24-22(15-20)29-26(34)17(2)37-24/h12-13,15-19,23H,3-11,14H2,1-2H3,(H,29,34)(H2,30,31,32,35). The number of piperidine rings is 1. The normalized spacial score (nSPS) is 25.6. The summed E-state index contributed by atoms with van der Waals surface area (Å²) in [5, 5.41) is 13.2. The molecule has 2 aromatic rings. The summed E-state index contributed by atoms with van der Waals surface area (Å²) in [6.45, 7) is 4.54. The summed E-state index contributed by atoms with van der Waals surface area (Å²) >= 11 is 0. The molecule has 2 atom stereocenters. The molecular weight excluding hydrogens is 470 g/mol. The Hall–Kier alpha value is -3.36. The Morgan fingerprint density at radius 3 is 2.73 bits per heavy atom. The molecule has 37 heavy (non-hydrogen) atoms. The van der Waals surface area contributed by atoms with E-state index in [0.717, 1.165) is 56.6 Å². The fourth-order valence-electron chi connectivity index (χ4n) is 5.93. The Balaban J connectivity index is 1.25. The molecule has 9 heteroatoms. The van der Waals surface area contributed by atoms with Crippen molar-refractivity contribution in [1.82, 2.24) is 15.1 Å². The van der Waals surface area contributed by atoms with Crippen LogP contribution in [-0.4, -0.2) is 45.5 Å². The lowest BCUT2D eigenvalue weighted by molar-refractivity contribution is -0.123. The van der Waals surface area contributed by atoms with Crippen molar-refractivity contribution in [3.05, 3.63) is 35.5 Å². The number of H-pyrrole nitrogens is 1. The van der Waals surface area contributed by atoms with Crippen LogP contribution in [0.4, 0.5) is 11.5 Å². The first-order chi connectivity index (χ1) is 17.9. The monoisotopic (exact) mass is 507 g/mol. The van der Waals surface area contributed by atoms with Gasteiger partial charge >= 0.3 is 0 Å². The van der Waals surface area contributed by atoms with Gasteiger partial charge in [0, 0.05) is 24.1 Å². The molecule has 1 saturated carbocycles. The molecule has 2 aliphatic heterocycles. The molecule has 3 heterocycles. The number of fused-ring (bicyclic) bond motifs is 1. The molecule has 1 aliphatic carbocycles. The molecule has 3 N–H and O–H groups in total. The summed E-state index contributed by atoms with van der Waals surface area (Å²) in [6, 6.07) is 6.85. The van der Waals surface area contributed by atoms with E-state index < -0.39 is 6.10 Å².